The Morgan fingerprint density at radius 1 is 1.00 bits per heavy atom. The van der Waals surface area contributed by atoms with Crippen LogP contribution in [-0.2, 0) is 24.5 Å². The molecule has 0 aliphatic carbocycles. The van der Waals surface area contributed by atoms with Crippen molar-refractivity contribution in [3.63, 3.8) is 0 Å². The predicted octanol–water partition coefficient (Wildman–Crippen LogP) is 0.677. The standard InChI is InChI=1S/C21H29FN4O5S/c1-15-12-25(13-16(2)31-15)32(29,30)24-9-7-23(8-10-24)21(28)17-11-20(27)26(14-17)19-6-4-3-5-18(19)22/h3-6,15-17H,7-14H2,1-2H3. The first-order valence-electron chi connectivity index (χ1n) is 10.9. The number of nitrogens with zero attached hydrogens (tertiary/aromatic N) is 4. The maximum absolute atomic E-state index is 14.1. The van der Waals surface area contributed by atoms with Crippen LogP contribution in [0.3, 0.4) is 0 Å². The van der Waals surface area contributed by atoms with Gasteiger partial charge in [0.1, 0.15) is 5.82 Å². The zero-order chi connectivity index (χ0) is 23.0. The number of anilines is 1. The summed E-state index contributed by atoms with van der Waals surface area (Å²) in [6.45, 7) is 5.36. The smallest absolute Gasteiger partial charge is 0.282 e. The number of carbonyl (C=O) groups excluding carboxylic acids is 2. The highest BCUT2D eigenvalue weighted by atomic mass is 32.2. The summed E-state index contributed by atoms with van der Waals surface area (Å²) in [5.74, 6) is -1.54. The molecule has 4 rings (SSSR count). The average molecular weight is 469 g/mol. The number of benzene rings is 1. The predicted molar refractivity (Wildman–Crippen MR) is 116 cm³/mol. The summed E-state index contributed by atoms with van der Waals surface area (Å²) in [4.78, 5) is 28.4. The number of hydrogen-bond donors (Lipinski definition) is 0. The first-order chi connectivity index (χ1) is 15.2. The van der Waals surface area contributed by atoms with Crippen molar-refractivity contribution in [2.24, 2.45) is 5.92 Å². The minimum atomic E-state index is -3.63. The van der Waals surface area contributed by atoms with Gasteiger partial charge in [-0.25, -0.2) is 4.39 Å². The van der Waals surface area contributed by atoms with Crippen LogP contribution in [0.15, 0.2) is 24.3 Å². The molecule has 176 valence electrons. The Morgan fingerprint density at radius 2 is 1.62 bits per heavy atom. The van der Waals surface area contributed by atoms with E-state index in [0.717, 1.165) is 0 Å². The number of amides is 2. The lowest BCUT2D eigenvalue weighted by atomic mass is 10.1. The second-order valence-electron chi connectivity index (χ2n) is 8.66. The number of hydrogen-bond acceptors (Lipinski definition) is 5. The third kappa shape index (κ3) is 4.52. The Morgan fingerprint density at radius 3 is 2.25 bits per heavy atom. The fraction of sp³-hybridized carbons (Fsp3) is 0.619. The number of rotatable bonds is 4. The number of para-hydroxylation sites is 1. The molecule has 2 amide bonds. The van der Waals surface area contributed by atoms with Gasteiger partial charge in [-0.1, -0.05) is 12.1 Å². The van der Waals surface area contributed by atoms with Crippen LogP contribution in [-0.4, -0.2) is 91.8 Å². The summed E-state index contributed by atoms with van der Waals surface area (Å²) in [7, 11) is -3.63. The quantitative estimate of drug-likeness (QED) is 0.648. The fourth-order valence-corrected chi connectivity index (χ4v) is 6.40. The van der Waals surface area contributed by atoms with E-state index in [0.29, 0.717) is 13.1 Å². The van der Waals surface area contributed by atoms with Crippen LogP contribution in [0.5, 0.6) is 0 Å². The van der Waals surface area contributed by atoms with E-state index in [1.807, 2.05) is 13.8 Å². The molecule has 1 aromatic rings. The van der Waals surface area contributed by atoms with Crippen LogP contribution >= 0.6 is 0 Å². The van der Waals surface area contributed by atoms with E-state index in [2.05, 4.69) is 0 Å². The molecule has 0 bridgehead atoms. The fourth-order valence-electron chi connectivity index (χ4n) is 4.66. The molecule has 3 saturated heterocycles. The molecule has 0 spiro atoms. The third-order valence-electron chi connectivity index (χ3n) is 6.21. The second kappa shape index (κ2) is 9.05. The number of halogens is 1. The average Bonchev–Trinajstić information content (AvgIpc) is 3.14. The van der Waals surface area contributed by atoms with Gasteiger partial charge in [0.05, 0.1) is 23.8 Å². The molecule has 9 nitrogen and oxygen atoms in total. The van der Waals surface area contributed by atoms with Crippen LogP contribution < -0.4 is 4.90 Å². The lowest BCUT2D eigenvalue weighted by Gasteiger charge is -2.40. The number of ether oxygens (including phenoxy) is 1. The van der Waals surface area contributed by atoms with Gasteiger partial charge >= 0.3 is 0 Å². The monoisotopic (exact) mass is 468 g/mol. The lowest BCUT2D eigenvalue weighted by molar-refractivity contribution is -0.137. The highest BCUT2D eigenvalue weighted by Gasteiger charge is 2.41. The summed E-state index contributed by atoms with van der Waals surface area (Å²) in [5, 5.41) is 0. The number of piperazine rings is 1. The van der Waals surface area contributed by atoms with Crippen molar-refractivity contribution in [3.05, 3.63) is 30.1 Å². The molecule has 3 fully saturated rings. The largest absolute Gasteiger partial charge is 0.373 e. The summed E-state index contributed by atoms with van der Waals surface area (Å²) in [5.41, 5.74) is 0.178. The minimum Gasteiger partial charge on any atom is -0.373 e. The van der Waals surface area contributed by atoms with E-state index in [-0.39, 0.29) is 68.9 Å². The minimum absolute atomic E-state index is 0.0231. The first-order valence-corrected chi connectivity index (χ1v) is 12.3. The van der Waals surface area contributed by atoms with Gasteiger partial charge in [0, 0.05) is 52.2 Å². The maximum atomic E-state index is 14.1. The van der Waals surface area contributed by atoms with Crippen molar-refractivity contribution in [1.29, 1.82) is 0 Å². The van der Waals surface area contributed by atoms with Gasteiger partial charge in [-0.2, -0.15) is 17.0 Å². The van der Waals surface area contributed by atoms with Gasteiger partial charge in [0.2, 0.25) is 11.8 Å². The molecule has 0 aromatic heterocycles. The number of morpholine rings is 1. The van der Waals surface area contributed by atoms with Crippen molar-refractivity contribution in [3.8, 4) is 0 Å². The van der Waals surface area contributed by atoms with E-state index in [4.69, 9.17) is 4.74 Å². The van der Waals surface area contributed by atoms with Crippen molar-refractivity contribution in [2.75, 3.05) is 50.7 Å². The maximum Gasteiger partial charge on any atom is 0.282 e. The zero-order valence-corrected chi connectivity index (χ0v) is 19.1. The van der Waals surface area contributed by atoms with Gasteiger partial charge in [0.15, 0.2) is 0 Å². The molecule has 1 aromatic carbocycles. The lowest BCUT2D eigenvalue weighted by Crippen LogP contribution is -2.58. The van der Waals surface area contributed by atoms with Crippen LogP contribution in [0, 0.1) is 11.7 Å². The normalized spacial score (nSPS) is 28.3. The van der Waals surface area contributed by atoms with Crippen LogP contribution in [0.1, 0.15) is 20.3 Å². The van der Waals surface area contributed by atoms with E-state index in [1.54, 1.807) is 17.0 Å². The van der Waals surface area contributed by atoms with E-state index >= 15 is 0 Å². The molecular formula is C21H29FN4O5S. The molecular weight excluding hydrogens is 439 g/mol. The molecule has 3 heterocycles. The zero-order valence-electron chi connectivity index (χ0n) is 18.3. The summed E-state index contributed by atoms with van der Waals surface area (Å²) in [6, 6.07) is 6.01. The van der Waals surface area contributed by atoms with Crippen molar-refractivity contribution in [2.45, 2.75) is 32.5 Å². The summed E-state index contributed by atoms with van der Waals surface area (Å²) < 4.78 is 48.7. The highest BCUT2D eigenvalue weighted by Crippen LogP contribution is 2.29. The second-order valence-corrected chi connectivity index (χ2v) is 10.6. The van der Waals surface area contributed by atoms with E-state index < -0.39 is 21.9 Å². The highest BCUT2D eigenvalue weighted by molar-refractivity contribution is 7.86. The van der Waals surface area contributed by atoms with E-state index in [1.165, 1.54) is 25.6 Å². The third-order valence-corrected chi connectivity index (χ3v) is 8.17. The Labute approximate surface area is 187 Å². The van der Waals surface area contributed by atoms with Gasteiger partial charge in [0.25, 0.3) is 10.2 Å². The summed E-state index contributed by atoms with van der Waals surface area (Å²) in [6.07, 6.45) is -0.322. The number of carbonyl (C=O) groups is 2. The van der Waals surface area contributed by atoms with Gasteiger partial charge in [-0.15, -0.1) is 0 Å². The Hall–Kier alpha value is -2.08. The van der Waals surface area contributed by atoms with Crippen molar-refractivity contribution < 1.29 is 27.1 Å². The molecule has 3 aliphatic rings. The van der Waals surface area contributed by atoms with Gasteiger partial charge in [-0.3, -0.25) is 9.59 Å². The molecule has 11 heteroatoms. The Kier molecular flexibility index (Phi) is 6.53. The van der Waals surface area contributed by atoms with Gasteiger partial charge < -0.3 is 14.5 Å². The van der Waals surface area contributed by atoms with Crippen LogP contribution in [0.4, 0.5) is 10.1 Å². The van der Waals surface area contributed by atoms with E-state index in [9.17, 15) is 22.4 Å². The topological polar surface area (TPSA) is 90.5 Å². The van der Waals surface area contributed by atoms with Crippen molar-refractivity contribution >= 4 is 27.7 Å². The summed E-state index contributed by atoms with van der Waals surface area (Å²) >= 11 is 0. The van der Waals surface area contributed by atoms with Crippen molar-refractivity contribution in [1.82, 2.24) is 13.5 Å². The molecule has 3 aliphatic heterocycles. The molecule has 32 heavy (non-hydrogen) atoms. The molecule has 0 radical (unpaired) electrons. The Balaban J connectivity index is 1.36. The van der Waals surface area contributed by atoms with Crippen LogP contribution in [0.25, 0.3) is 0 Å². The Bertz CT molecular complexity index is 972. The molecule has 3 unspecified atom stereocenters. The first kappa shape index (κ1) is 23.1. The van der Waals surface area contributed by atoms with Crippen LogP contribution in [0.2, 0.25) is 0 Å². The molecule has 0 saturated carbocycles. The molecule has 0 N–H and O–H groups in total. The molecule has 3 atom stereocenters. The van der Waals surface area contributed by atoms with Gasteiger partial charge in [-0.05, 0) is 26.0 Å². The SMILES string of the molecule is CC1CN(S(=O)(=O)N2CCN(C(=O)C3CC(=O)N(c4ccccc4F)C3)CC2)CC(C)O1.